The van der Waals surface area contributed by atoms with Crippen molar-refractivity contribution in [1.29, 1.82) is 0 Å². The first-order valence-electron chi connectivity index (χ1n) is 11.5. The molecule has 1 saturated carbocycles. The van der Waals surface area contributed by atoms with Crippen molar-refractivity contribution >= 4 is 17.4 Å². The number of hydrogen-bond acceptors (Lipinski definition) is 3. The van der Waals surface area contributed by atoms with Crippen LogP contribution in [0.5, 0.6) is 0 Å². The Morgan fingerprint density at radius 1 is 0.812 bits per heavy atom. The van der Waals surface area contributed by atoms with Gasteiger partial charge in [0.25, 0.3) is 0 Å². The Morgan fingerprint density at radius 3 is 1.84 bits per heavy atom. The summed E-state index contributed by atoms with van der Waals surface area (Å²) >= 11 is 0. The zero-order valence-corrected chi connectivity index (χ0v) is 18.9. The zero-order chi connectivity index (χ0) is 22.3. The van der Waals surface area contributed by atoms with Gasteiger partial charge in [0.2, 0.25) is 0 Å². The van der Waals surface area contributed by atoms with Crippen molar-refractivity contribution in [2.75, 3.05) is 7.11 Å². The summed E-state index contributed by atoms with van der Waals surface area (Å²) in [5.41, 5.74) is 5.54. The number of esters is 1. The number of carbonyl (C=O) groups is 1. The molecule has 3 aromatic rings. The van der Waals surface area contributed by atoms with Crippen LogP contribution in [0.4, 0.5) is 5.69 Å². The lowest BCUT2D eigenvalue weighted by molar-refractivity contribution is -0.147. The highest BCUT2D eigenvalue weighted by molar-refractivity contribution is 6.13. The quantitative estimate of drug-likeness (QED) is 0.317. The lowest BCUT2D eigenvalue weighted by Crippen LogP contribution is -2.26. The summed E-state index contributed by atoms with van der Waals surface area (Å²) in [6.07, 6.45) is 4.39. The van der Waals surface area contributed by atoms with Crippen molar-refractivity contribution in [3.8, 4) is 0 Å². The van der Waals surface area contributed by atoms with Gasteiger partial charge in [-0.1, -0.05) is 79.7 Å². The highest BCUT2D eigenvalue weighted by atomic mass is 16.5. The van der Waals surface area contributed by atoms with Crippen LogP contribution in [0.1, 0.15) is 55.2 Å². The molecule has 0 amide bonds. The predicted molar refractivity (Wildman–Crippen MR) is 131 cm³/mol. The molecule has 1 aliphatic carbocycles. The molecule has 3 heteroatoms. The minimum atomic E-state index is -0.0803. The van der Waals surface area contributed by atoms with E-state index in [-0.39, 0.29) is 11.9 Å². The van der Waals surface area contributed by atoms with Crippen LogP contribution in [0.15, 0.2) is 89.9 Å². The van der Waals surface area contributed by atoms with Crippen LogP contribution in [0, 0.1) is 11.8 Å². The molecule has 0 radical (unpaired) electrons. The summed E-state index contributed by atoms with van der Waals surface area (Å²) < 4.78 is 4.93. The smallest absolute Gasteiger partial charge is 0.308 e. The average molecular weight is 426 g/mol. The van der Waals surface area contributed by atoms with Crippen molar-refractivity contribution in [3.63, 3.8) is 0 Å². The van der Waals surface area contributed by atoms with Gasteiger partial charge in [0.15, 0.2) is 0 Å². The van der Waals surface area contributed by atoms with E-state index in [2.05, 4.69) is 48.5 Å². The molecule has 4 rings (SSSR count). The van der Waals surface area contributed by atoms with Gasteiger partial charge in [0, 0.05) is 11.1 Å². The molecule has 32 heavy (non-hydrogen) atoms. The van der Waals surface area contributed by atoms with Crippen molar-refractivity contribution in [2.45, 2.75) is 38.5 Å². The Labute approximate surface area is 191 Å². The van der Waals surface area contributed by atoms with Crippen molar-refractivity contribution in [3.05, 3.63) is 102 Å². The van der Waals surface area contributed by atoms with E-state index >= 15 is 0 Å². The molecule has 0 aromatic heterocycles. The minimum absolute atomic E-state index is 0.00735. The van der Waals surface area contributed by atoms with Crippen molar-refractivity contribution in [1.82, 2.24) is 0 Å². The normalized spacial score (nSPS) is 19.1. The van der Waals surface area contributed by atoms with Crippen molar-refractivity contribution < 1.29 is 9.53 Å². The van der Waals surface area contributed by atoms with Gasteiger partial charge in [-0.05, 0) is 55.2 Å². The minimum Gasteiger partial charge on any atom is -0.469 e. The van der Waals surface area contributed by atoms with Crippen LogP contribution < -0.4 is 0 Å². The number of carbonyl (C=O) groups excluding carboxylic acids is 1. The van der Waals surface area contributed by atoms with Gasteiger partial charge in [0.1, 0.15) is 0 Å². The molecule has 0 bridgehead atoms. The third-order valence-corrected chi connectivity index (χ3v) is 6.75. The summed E-state index contributed by atoms with van der Waals surface area (Å²) in [6, 6.07) is 29.4. The topological polar surface area (TPSA) is 38.7 Å². The van der Waals surface area contributed by atoms with Crippen LogP contribution in [0.2, 0.25) is 0 Å². The lowest BCUT2D eigenvalue weighted by atomic mass is 9.74. The van der Waals surface area contributed by atoms with Gasteiger partial charge in [-0.15, -0.1) is 0 Å². The molecule has 3 nitrogen and oxygen atoms in total. The van der Waals surface area contributed by atoms with E-state index < -0.39 is 0 Å². The Hall–Kier alpha value is -3.20. The van der Waals surface area contributed by atoms with Gasteiger partial charge in [0.05, 0.1) is 24.4 Å². The van der Waals surface area contributed by atoms with Crippen LogP contribution >= 0.6 is 0 Å². The zero-order valence-electron chi connectivity index (χ0n) is 18.9. The fourth-order valence-corrected chi connectivity index (χ4v) is 4.77. The van der Waals surface area contributed by atoms with E-state index in [0.717, 1.165) is 48.2 Å². The lowest BCUT2D eigenvalue weighted by Gasteiger charge is -2.31. The highest BCUT2D eigenvalue weighted by Crippen LogP contribution is 2.39. The van der Waals surface area contributed by atoms with Crippen LogP contribution in [-0.4, -0.2) is 18.8 Å². The molecule has 0 saturated heterocycles. The Morgan fingerprint density at radius 2 is 1.34 bits per heavy atom. The van der Waals surface area contributed by atoms with E-state index in [1.54, 1.807) is 0 Å². The Kier molecular flexibility index (Phi) is 7.16. The van der Waals surface area contributed by atoms with E-state index in [9.17, 15) is 4.79 Å². The third kappa shape index (κ3) is 5.16. The molecule has 1 aliphatic rings. The average Bonchev–Trinajstić information content (AvgIpc) is 2.88. The number of ether oxygens (including phenoxy) is 1. The molecular weight excluding hydrogens is 394 g/mol. The van der Waals surface area contributed by atoms with E-state index in [1.807, 2.05) is 43.3 Å². The second-order valence-corrected chi connectivity index (χ2v) is 8.71. The number of rotatable bonds is 6. The molecule has 1 unspecified atom stereocenters. The third-order valence-electron chi connectivity index (χ3n) is 6.75. The maximum Gasteiger partial charge on any atom is 0.308 e. The van der Waals surface area contributed by atoms with Crippen LogP contribution in [0.3, 0.4) is 0 Å². The fourth-order valence-electron chi connectivity index (χ4n) is 4.77. The SMILES string of the molecule is COC(=O)C(C)C1CCC(c2ccc(N=C(c3ccccc3)c3ccccc3)cc2)CC1. The van der Waals surface area contributed by atoms with Gasteiger partial charge < -0.3 is 4.74 Å². The maximum absolute atomic E-state index is 11.9. The summed E-state index contributed by atoms with van der Waals surface area (Å²) in [5.74, 6) is 0.897. The first-order valence-corrected chi connectivity index (χ1v) is 11.5. The van der Waals surface area contributed by atoms with Gasteiger partial charge >= 0.3 is 5.97 Å². The molecule has 3 aromatic carbocycles. The van der Waals surface area contributed by atoms with Gasteiger partial charge in [-0.3, -0.25) is 4.79 Å². The van der Waals surface area contributed by atoms with Crippen LogP contribution in [-0.2, 0) is 9.53 Å². The Balaban J connectivity index is 1.49. The maximum atomic E-state index is 11.9. The molecule has 1 atom stereocenters. The molecule has 0 spiro atoms. The number of methoxy groups -OCH3 is 1. The predicted octanol–water partition coefficient (Wildman–Crippen LogP) is 6.94. The van der Waals surface area contributed by atoms with E-state index in [4.69, 9.17) is 9.73 Å². The summed E-state index contributed by atoms with van der Waals surface area (Å²) in [5, 5.41) is 0. The molecule has 0 heterocycles. The largest absolute Gasteiger partial charge is 0.469 e. The molecular formula is C29H31NO2. The molecule has 164 valence electrons. The van der Waals surface area contributed by atoms with E-state index in [1.165, 1.54) is 12.7 Å². The number of nitrogens with zero attached hydrogens (tertiary/aromatic N) is 1. The summed E-state index contributed by atoms with van der Waals surface area (Å²) in [4.78, 5) is 16.9. The number of aliphatic imine (C=N–C) groups is 1. The molecule has 1 fully saturated rings. The first kappa shape index (κ1) is 22.0. The summed E-state index contributed by atoms with van der Waals surface area (Å²) in [7, 11) is 1.48. The van der Waals surface area contributed by atoms with Crippen molar-refractivity contribution in [2.24, 2.45) is 16.8 Å². The van der Waals surface area contributed by atoms with Crippen LogP contribution in [0.25, 0.3) is 0 Å². The number of hydrogen-bond donors (Lipinski definition) is 0. The summed E-state index contributed by atoms with van der Waals surface area (Å²) in [6.45, 7) is 2.00. The van der Waals surface area contributed by atoms with Gasteiger partial charge in [-0.2, -0.15) is 0 Å². The molecule has 0 aliphatic heterocycles. The highest BCUT2D eigenvalue weighted by Gasteiger charge is 2.30. The Bertz CT molecular complexity index is 992. The standard InChI is InChI=1S/C29H31NO2/c1-21(29(31)32-2)22-13-15-23(16-14-22)24-17-19-27(20-18-24)30-28(25-9-5-3-6-10-25)26-11-7-4-8-12-26/h3-12,17-23H,13-16H2,1-2H3. The second-order valence-electron chi connectivity index (χ2n) is 8.71. The monoisotopic (exact) mass is 425 g/mol. The molecule has 0 N–H and O–H groups in total. The first-order chi connectivity index (χ1) is 15.7. The second kappa shape index (κ2) is 10.4. The van der Waals surface area contributed by atoms with Gasteiger partial charge in [-0.25, -0.2) is 4.99 Å². The number of benzene rings is 3. The fraction of sp³-hybridized carbons (Fsp3) is 0.310. The van der Waals surface area contributed by atoms with E-state index in [0.29, 0.717) is 11.8 Å².